The predicted molar refractivity (Wildman–Crippen MR) is 85.0 cm³/mol. The number of nitro groups is 1. The number of hydrogen-bond donors (Lipinski definition) is 0. The molecule has 0 aliphatic heterocycles. The Morgan fingerprint density at radius 1 is 1.12 bits per heavy atom. The van der Waals surface area contributed by atoms with Gasteiger partial charge in [0.25, 0.3) is 5.69 Å². The number of benzene rings is 1. The van der Waals surface area contributed by atoms with Gasteiger partial charge in [0, 0.05) is 30.2 Å². The summed E-state index contributed by atoms with van der Waals surface area (Å²) in [5.41, 5.74) is 1.31. The Morgan fingerprint density at radius 3 is 2.71 bits per heavy atom. The highest BCUT2D eigenvalue weighted by molar-refractivity contribution is 5.57. The van der Waals surface area contributed by atoms with Crippen molar-refractivity contribution in [1.29, 1.82) is 0 Å². The zero-order valence-corrected chi connectivity index (χ0v) is 12.6. The quantitative estimate of drug-likeness (QED) is 0.524. The monoisotopic (exact) mass is 324 g/mol. The zero-order valence-electron chi connectivity index (χ0n) is 12.6. The third kappa shape index (κ3) is 3.27. The van der Waals surface area contributed by atoms with Crippen LogP contribution in [-0.2, 0) is 0 Å². The number of hydrogen-bond acceptors (Lipinski definition) is 7. The summed E-state index contributed by atoms with van der Waals surface area (Å²) in [6.45, 7) is 0. The maximum absolute atomic E-state index is 10.9. The van der Waals surface area contributed by atoms with Gasteiger partial charge < -0.3 is 9.47 Å². The Hall–Kier alpha value is -3.55. The molecule has 0 unspecified atom stereocenters. The largest absolute Gasteiger partial charge is 0.493 e. The van der Waals surface area contributed by atoms with Crippen LogP contribution in [0.15, 0.2) is 55.0 Å². The molecule has 0 amide bonds. The molecule has 8 heteroatoms. The van der Waals surface area contributed by atoms with Crippen LogP contribution in [0.25, 0.3) is 11.3 Å². The summed E-state index contributed by atoms with van der Waals surface area (Å²) in [5.74, 6) is 0.506. The highest BCUT2D eigenvalue weighted by Gasteiger charge is 2.14. The van der Waals surface area contributed by atoms with Crippen molar-refractivity contribution >= 4 is 5.69 Å². The van der Waals surface area contributed by atoms with Gasteiger partial charge in [0.1, 0.15) is 0 Å². The molecule has 0 saturated heterocycles. The molecule has 8 nitrogen and oxygen atoms in total. The van der Waals surface area contributed by atoms with Gasteiger partial charge >= 0.3 is 6.01 Å². The molecule has 0 fully saturated rings. The van der Waals surface area contributed by atoms with Crippen LogP contribution < -0.4 is 9.47 Å². The molecule has 24 heavy (non-hydrogen) atoms. The molecule has 1 aromatic carbocycles. The van der Waals surface area contributed by atoms with E-state index in [2.05, 4.69) is 15.0 Å². The van der Waals surface area contributed by atoms with Crippen LogP contribution in [0.5, 0.6) is 17.5 Å². The second kappa shape index (κ2) is 6.69. The lowest BCUT2D eigenvalue weighted by atomic mass is 10.2. The summed E-state index contributed by atoms with van der Waals surface area (Å²) in [6.07, 6.45) is 4.87. The molecule has 0 atom stereocenters. The van der Waals surface area contributed by atoms with Crippen LogP contribution in [0.4, 0.5) is 5.69 Å². The van der Waals surface area contributed by atoms with Crippen molar-refractivity contribution in [2.24, 2.45) is 0 Å². The fraction of sp³-hybridized carbons (Fsp3) is 0.0625. The van der Waals surface area contributed by atoms with Gasteiger partial charge in [-0.1, -0.05) is 0 Å². The summed E-state index contributed by atoms with van der Waals surface area (Å²) in [4.78, 5) is 22.8. The molecule has 0 N–H and O–H groups in total. The van der Waals surface area contributed by atoms with Crippen LogP contribution in [0.1, 0.15) is 0 Å². The first-order chi connectivity index (χ1) is 11.7. The summed E-state index contributed by atoms with van der Waals surface area (Å²) < 4.78 is 10.7. The van der Waals surface area contributed by atoms with Gasteiger partial charge in [-0.05, 0) is 24.3 Å². The third-order valence-corrected chi connectivity index (χ3v) is 3.15. The smallest absolute Gasteiger partial charge is 0.322 e. The summed E-state index contributed by atoms with van der Waals surface area (Å²) in [6, 6.07) is 9.47. The first-order valence-corrected chi connectivity index (χ1v) is 6.91. The number of non-ortho nitro benzene ring substituents is 1. The minimum Gasteiger partial charge on any atom is -0.493 e. The van der Waals surface area contributed by atoms with Crippen molar-refractivity contribution in [1.82, 2.24) is 15.0 Å². The number of pyridine rings is 1. The van der Waals surface area contributed by atoms with E-state index in [1.165, 1.54) is 31.5 Å². The number of methoxy groups -OCH3 is 1. The summed E-state index contributed by atoms with van der Waals surface area (Å²) in [7, 11) is 1.45. The Kier molecular flexibility index (Phi) is 4.28. The molecule has 0 spiro atoms. The first-order valence-electron chi connectivity index (χ1n) is 6.91. The molecule has 0 radical (unpaired) electrons. The average Bonchev–Trinajstić information content (AvgIpc) is 2.62. The number of nitrogens with zero attached hydrogens (tertiary/aromatic N) is 4. The van der Waals surface area contributed by atoms with Gasteiger partial charge in [0.15, 0.2) is 11.5 Å². The van der Waals surface area contributed by atoms with E-state index < -0.39 is 4.92 Å². The Balaban J connectivity index is 1.94. The predicted octanol–water partition coefficient (Wildman–Crippen LogP) is 3.25. The van der Waals surface area contributed by atoms with Gasteiger partial charge in [0.2, 0.25) is 0 Å². The van der Waals surface area contributed by atoms with Crippen LogP contribution >= 0.6 is 0 Å². The van der Waals surface area contributed by atoms with Gasteiger partial charge in [-0.2, -0.15) is 4.98 Å². The van der Waals surface area contributed by atoms with Crippen molar-refractivity contribution in [3.8, 4) is 28.8 Å². The lowest BCUT2D eigenvalue weighted by molar-refractivity contribution is -0.384. The lowest BCUT2D eigenvalue weighted by Gasteiger charge is -2.09. The molecule has 2 heterocycles. The topological polar surface area (TPSA) is 100 Å². The van der Waals surface area contributed by atoms with E-state index in [1.54, 1.807) is 24.5 Å². The fourth-order valence-electron chi connectivity index (χ4n) is 2.02. The average molecular weight is 324 g/mol. The summed E-state index contributed by atoms with van der Waals surface area (Å²) in [5, 5.41) is 10.9. The molecule has 0 saturated carbocycles. The number of ether oxygens (including phenoxy) is 2. The van der Waals surface area contributed by atoms with Crippen molar-refractivity contribution in [3.05, 3.63) is 65.1 Å². The first kappa shape index (κ1) is 15.3. The summed E-state index contributed by atoms with van der Waals surface area (Å²) >= 11 is 0. The zero-order chi connectivity index (χ0) is 16.9. The Bertz CT molecular complexity index is 871. The lowest BCUT2D eigenvalue weighted by Crippen LogP contribution is -1.97. The maximum Gasteiger partial charge on any atom is 0.322 e. The maximum atomic E-state index is 10.9. The van der Waals surface area contributed by atoms with Gasteiger partial charge in [-0.25, -0.2) is 4.98 Å². The van der Waals surface area contributed by atoms with Crippen molar-refractivity contribution in [3.63, 3.8) is 0 Å². The Morgan fingerprint density at radius 2 is 2.00 bits per heavy atom. The van der Waals surface area contributed by atoms with Crippen LogP contribution in [0.3, 0.4) is 0 Å². The molecule has 120 valence electrons. The van der Waals surface area contributed by atoms with Crippen LogP contribution in [0, 0.1) is 10.1 Å². The molecule has 0 aliphatic carbocycles. The van der Waals surface area contributed by atoms with E-state index in [4.69, 9.17) is 9.47 Å². The normalized spacial score (nSPS) is 10.2. The molecule has 0 aliphatic rings. The standard InChI is InChI=1S/C16H12N4O4/c1-23-14-5-4-12(20(21)22)9-15(14)24-16-18-8-6-13(19-16)11-3-2-7-17-10-11/h2-10H,1H3. The molecule has 2 aromatic heterocycles. The number of aromatic nitrogens is 3. The molecule has 3 rings (SSSR count). The van der Waals surface area contributed by atoms with Crippen molar-refractivity contribution in [2.75, 3.05) is 7.11 Å². The minimum absolute atomic E-state index is 0.0511. The Labute approximate surface area is 136 Å². The second-order valence-electron chi connectivity index (χ2n) is 4.66. The molecule has 3 aromatic rings. The highest BCUT2D eigenvalue weighted by Crippen LogP contribution is 2.33. The fourth-order valence-corrected chi connectivity index (χ4v) is 2.02. The van der Waals surface area contributed by atoms with Crippen molar-refractivity contribution in [2.45, 2.75) is 0 Å². The van der Waals surface area contributed by atoms with Gasteiger partial charge in [-0.3, -0.25) is 15.1 Å². The van der Waals surface area contributed by atoms with E-state index in [0.717, 1.165) is 5.56 Å². The van der Waals surface area contributed by atoms with Gasteiger partial charge in [0.05, 0.1) is 23.8 Å². The second-order valence-corrected chi connectivity index (χ2v) is 4.66. The van der Waals surface area contributed by atoms with E-state index in [9.17, 15) is 10.1 Å². The van der Waals surface area contributed by atoms with Gasteiger partial charge in [-0.15, -0.1) is 0 Å². The van der Waals surface area contributed by atoms with E-state index >= 15 is 0 Å². The van der Waals surface area contributed by atoms with Crippen LogP contribution in [-0.4, -0.2) is 27.0 Å². The van der Waals surface area contributed by atoms with Crippen molar-refractivity contribution < 1.29 is 14.4 Å². The third-order valence-electron chi connectivity index (χ3n) is 3.15. The number of rotatable bonds is 5. The molecular formula is C16H12N4O4. The van der Waals surface area contributed by atoms with E-state index in [0.29, 0.717) is 11.4 Å². The SMILES string of the molecule is COc1ccc([N+](=O)[O-])cc1Oc1nccc(-c2cccnc2)n1. The highest BCUT2D eigenvalue weighted by atomic mass is 16.6. The van der Waals surface area contributed by atoms with E-state index in [1.807, 2.05) is 6.07 Å². The van der Waals surface area contributed by atoms with Crippen LogP contribution in [0.2, 0.25) is 0 Å². The molecular weight excluding hydrogens is 312 g/mol. The van der Waals surface area contributed by atoms with E-state index in [-0.39, 0.29) is 17.4 Å². The number of nitro benzene ring substituents is 1. The molecule has 0 bridgehead atoms. The minimum atomic E-state index is -0.515.